The SMILES string of the molecule is O=c1c2ccccc2c(=O)c2c1c(NCCCN1CCN(Cc3ccccc3)CC1)cc1oc3ccccc3[nH]c12. The van der Waals surface area contributed by atoms with E-state index in [4.69, 9.17) is 4.42 Å². The van der Waals surface area contributed by atoms with Crippen molar-refractivity contribution in [3.05, 3.63) is 111 Å². The Hall–Kier alpha value is -4.46. The first-order valence-electron chi connectivity index (χ1n) is 14.3. The van der Waals surface area contributed by atoms with Gasteiger partial charge in [0.25, 0.3) is 0 Å². The molecule has 2 N–H and O–H groups in total. The van der Waals surface area contributed by atoms with Crippen molar-refractivity contribution in [2.45, 2.75) is 13.0 Å². The molecule has 5 aromatic carbocycles. The highest BCUT2D eigenvalue weighted by molar-refractivity contribution is 6.14. The van der Waals surface area contributed by atoms with Crippen molar-refractivity contribution in [3.63, 3.8) is 0 Å². The smallest absolute Gasteiger partial charge is 0.196 e. The lowest BCUT2D eigenvalue weighted by atomic mass is 9.99. The van der Waals surface area contributed by atoms with Gasteiger partial charge in [-0.2, -0.15) is 0 Å². The van der Waals surface area contributed by atoms with Crippen LogP contribution in [0.5, 0.6) is 0 Å². The van der Waals surface area contributed by atoms with E-state index in [0.717, 1.165) is 51.2 Å². The zero-order valence-electron chi connectivity index (χ0n) is 22.9. The highest BCUT2D eigenvalue weighted by Gasteiger charge is 2.20. The summed E-state index contributed by atoms with van der Waals surface area (Å²) in [5, 5.41) is 5.15. The lowest BCUT2D eigenvalue weighted by Crippen LogP contribution is -2.46. The summed E-state index contributed by atoms with van der Waals surface area (Å²) in [7, 11) is 0. The monoisotopic (exact) mass is 544 g/mol. The van der Waals surface area contributed by atoms with Crippen LogP contribution in [0.25, 0.3) is 43.7 Å². The number of para-hydroxylation sites is 2. The Morgan fingerprint density at radius 3 is 2.17 bits per heavy atom. The van der Waals surface area contributed by atoms with Gasteiger partial charge in [0, 0.05) is 61.8 Å². The first-order valence-corrected chi connectivity index (χ1v) is 14.3. The van der Waals surface area contributed by atoms with Gasteiger partial charge in [-0.3, -0.25) is 14.5 Å². The summed E-state index contributed by atoms with van der Waals surface area (Å²) in [6, 6.07) is 27.2. The van der Waals surface area contributed by atoms with E-state index in [1.165, 1.54) is 5.56 Å². The predicted octanol–water partition coefficient (Wildman–Crippen LogP) is 5.56. The topological polar surface area (TPSA) is 81.6 Å². The standard InChI is InChI=1S/C34H32N4O3/c39-33-24-11-4-5-12-25(24)34(40)31-30(33)27(21-29-32(31)36-26-13-6-7-14-28(26)41-29)35-15-8-16-37-17-19-38(20-18-37)22-23-9-2-1-3-10-23/h1-7,9-14,21,35-36H,8,15-20,22H2. The zero-order valence-corrected chi connectivity index (χ0v) is 22.9. The van der Waals surface area contributed by atoms with E-state index in [1.54, 1.807) is 24.3 Å². The molecule has 0 amide bonds. The third-order valence-electron chi connectivity index (χ3n) is 8.21. The Labute approximate surface area is 237 Å². The summed E-state index contributed by atoms with van der Waals surface area (Å²) in [4.78, 5) is 35.9. The van der Waals surface area contributed by atoms with Gasteiger partial charge in [-0.1, -0.05) is 66.7 Å². The molecular formula is C34H32N4O3. The van der Waals surface area contributed by atoms with E-state index in [0.29, 0.717) is 50.5 Å². The normalized spacial score (nSPS) is 14.8. The van der Waals surface area contributed by atoms with E-state index in [-0.39, 0.29) is 10.9 Å². The molecule has 0 bridgehead atoms. The lowest BCUT2D eigenvalue weighted by Gasteiger charge is -2.34. The summed E-state index contributed by atoms with van der Waals surface area (Å²) < 4.78 is 6.23. The second kappa shape index (κ2) is 10.8. The molecule has 1 aromatic heterocycles. The molecular weight excluding hydrogens is 512 g/mol. The number of nitrogens with zero attached hydrogens (tertiary/aromatic N) is 2. The summed E-state index contributed by atoms with van der Waals surface area (Å²) >= 11 is 0. The van der Waals surface area contributed by atoms with Gasteiger partial charge in [0.2, 0.25) is 0 Å². The third kappa shape index (κ3) is 4.88. The zero-order chi connectivity index (χ0) is 27.8. The highest BCUT2D eigenvalue weighted by Crippen LogP contribution is 2.31. The van der Waals surface area contributed by atoms with Crippen LogP contribution >= 0.6 is 0 Å². The van der Waals surface area contributed by atoms with Crippen LogP contribution in [0.4, 0.5) is 5.69 Å². The molecule has 206 valence electrons. The average Bonchev–Trinajstić information content (AvgIpc) is 3.01. The second-order valence-electron chi connectivity index (χ2n) is 10.9. The van der Waals surface area contributed by atoms with Crippen molar-refractivity contribution in [1.29, 1.82) is 0 Å². The van der Waals surface area contributed by atoms with Crippen LogP contribution in [0.15, 0.2) is 98.9 Å². The molecule has 6 aromatic rings. The molecule has 0 radical (unpaired) electrons. The number of anilines is 1. The molecule has 0 atom stereocenters. The van der Waals surface area contributed by atoms with Crippen molar-refractivity contribution < 1.29 is 4.42 Å². The molecule has 2 heterocycles. The fraction of sp³-hybridized carbons (Fsp3) is 0.235. The molecule has 1 saturated heterocycles. The molecule has 0 spiro atoms. The van der Waals surface area contributed by atoms with Gasteiger partial charge in [-0.05, 0) is 30.7 Å². The van der Waals surface area contributed by atoms with Crippen LogP contribution in [0.3, 0.4) is 0 Å². The Morgan fingerprint density at radius 1 is 0.732 bits per heavy atom. The number of H-pyrrole nitrogens is 1. The molecule has 0 aliphatic carbocycles. The maximum atomic E-state index is 13.8. The predicted molar refractivity (Wildman–Crippen MR) is 167 cm³/mol. The van der Waals surface area contributed by atoms with E-state index >= 15 is 0 Å². The molecule has 1 aliphatic rings. The number of aromatic amines is 1. The van der Waals surface area contributed by atoms with Crippen LogP contribution in [0.2, 0.25) is 0 Å². The Morgan fingerprint density at radius 2 is 1.39 bits per heavy atom. The second-order valence-corrected chi connectivity index (χ2v) is 10.9. The summed E-state index contributed by atoms with van der Waals surface area (Å²) in [5.74, 6) is 0. The van der Waals surface area contributed by atoms with Crippen molar-refractivity contribution in [2.24, 2.45) is 0 Å². The molecule has 7 rings (SSSR count). The summed E-state index contributed by atoms with van der Waals surface area (Å²) in [5.41, 5.74) is 4.23. The number of hydrogen-bond acceptors (Lipinski definition) is 6. The molecule has 7 nitrogen and oxygen atoms in total. The average molecular weight is 545 g/mol. The Kier molecular flexibility index (Phi) is 6.74. The number of nitrogens with one attached hydrogen (secondary N) is 2. The minimum Gasteiger partial charge on any atom is -0.453 e. The summed E-state index contributed by atoms with van der Waals surface area (Å²) in [6.45, 7) is 6.86. The minimum absolute atomic E-state index is 0.143. The fourth-order valence-corrected chi connectivity index (χ4v) is 6.06. The Balaban J connectivity index is 1.14. The largest absolute Gasteiger partial charge is 0.453 e. The van der Waals surface area contributed by atoms with Gasteiger partial charge in [-0.15, -0.1) is 0 Å². The van der Waals surface area contributed by atoms with Crippen LogP contribution < -0.4 is 16.2 Å². The number of rotatable bonds is 7. The van der Waals surface area contributed by atoms with Gasteiger partial charge in [0.05, 0.1) is 21.8 Å². The molecule has 1 fully saturated rings. The minimum atomic E-state index is -0.168. The molecule has 1 aliphatic heterocycles. The van der Waals surface area contributed by atoms with Crippen LogP contribution in [0.1, 0.15) is 12.0 Å². The Bertz CT molecular complexity index is 1990. The summed E-state index contributed by atoms with van der Waals surface area (Å²) in [6.07, 6.45) is 0.922. The van der Waals surface area contributed by atoms with Crippen LogP contribution in [-0.2, 0) is 6.54 Å². The third-order valence-corrected chi connectivity index (χ3v) is 8.21. The van der Waals surface area contributed by atoms with Gasteiger partial charge in [0.15, 0.2) is 22.0 Å². The molecule has 7 heteroatoms. The van der Waals surface area contributed by atoms with Crippen molar-refractivity contribution in [2.75, 3.05) is 44.6 Å². The van der Waals surface area contributed by atoms with Crippen molar-refractivity contribution in [3.8, 4) is 0 Å². The van der Waals surface area contributed by atoms with E-state index in [1.807, 2.05) is 30.3 Å². The quantitative estimate of drug-likeness (QED) is 0.156. The number of hydrogen-bond donors (Lipinski definition) is 2. The van der Waals surface area contributed by atoms with Crippen LogP contribution in [-0.4, -0.2) is 54.1 Å². The van der Waals surface area contributed by atoms with E-state index in [2.05, 4.69) is 50.4 Å². The molecule has 0 saturated carbocycles. The highest BCUT2D eigenvalue weighted by atomic mass is 16.3. The van der Waals surface area contributed by atoms with Gasteiger partial charge in [0.1, 0.15) is 0 Å². The number of aromatic nitrogens is 1. The van der Waals surface area contributed by atoms with Gasteiger partial charge >= 0.3 is 0 Å². The number of fused-ring (bicyclic) bond motifs is 5. The van der Waals surface area contributed by atoms with Gasteiger partial charge < -0.3 is 19.6 Å². The fourth-order valence-electron chi connectivity index (χ4n) is 6.06. The van der Waals surface area contributed by atoms with E-state index in [9.17, 15) is 9.59 Å². The van der Waals surface area contributed by atoms with Gasteiger partial charge in [-0.25, -0.2) is 0 Å². The van der Waals surface area contributed by atoms with Crippen molar-refractivity contribution >= 4 is 49.4 Å². The molecule has 0 unspecified atom stereocenters. The molecule has 41 heavy (non-hydrogen) atoms. The van der Waals surface area contributed by atoms with E-state index < -0.39 is 0 Å². The van der Waals surface area contributed by atoms with Crippen molar-refractivity contribution in [1.82, 2.24) is 14.8 Å². The number of piperazine rings is 1. The first-order chi connectivity index (χ1) is 20.2. The maximum absolute atomic E-state index is 13.8. The first kappa shape index (κ1) is 25.5. The van der Waals surface area contributed by atoms with Crippen LogP contribution in [0, 0.1) is 0 Å². The lowest BCUT2D eigenvalue weighted by molar-refractivity contribution is 0.127. The number of benzene rings is 5. The maximum Gasteiger partial charge on any atom is 0.196 e.